The summed E-state index contributed by atoms with van der Waals surface area (Å²) in [6.45, 7) is 2.61. The van der Waals surface area contributed by atoms with Gasteiger partial charge in [0.25, 0.3) is 0 Å². The van der Waals surface area contributed by atoms with Crippen molar-refractivity contribution in [1.29, 1.82) is 0 Å². The van der Waals surface area contributed by atoms with Crippen LogP contribution in [0.3, 0.4) is 0 Å². The lowest BCUT2D eigenvalue weighted by Crippen LogP contribution is -2.37. The molecule has 0 fully saturated rings. The van der Waals surface area contributed by atoms with Crippen LogP contribution in [0.2, 0.25) is 0 Å². The fraction of sp³-hybridized carbons (Fsp3) is 0.333. The highest BCUT2D eigenvalue weighted by Gasteiger charge is 2.27. The number of carbonyl (C=O) groups is 2. The average Bonchev–Trinajstić information content (AvgIpc) is 2.60. The maximum absolute atomic E-state index is 11.3. The highest BCUT2D eigenvalue weighted by molar-refractivity contribution is 7.13. The first-order valence-electron chi connectivity index (χ1n) is 4.48. The number of thiophene rings is 1. The van der Waals surface area contributed by atoms with Crippen molar-refractivity contribution in [1.82, 2.24) is 0 Å². The topological polar surface area (TPSA) is 69.6 Å². The molecular formula is C9H10N2O3S. The molecule has 2 rings (SSSR count). The predicted molar refractivity (Wildman–Crippen MR) is 57.8 cm³/mol. The van der Waals surface area contributed by atoms with Gasteiger partial charge in [0.15, 0.2) is 0 Å². The molecule has 80 valence electrons. The Morgan fingerprint density at radius 2 is 2.33 bits per heavy atom. The molecule has 1 aromatic rings. The number of carboxylic acids is 1. The molecule has 0 saturated heterocycles. The molecule has 6 heteroatoms. The zero-order valence-electron chi connectivity index (χ0n) is 8.11. The molecule has 1 aliphatic rings. The Labute approximate surface area is 90.3 Å². The summed E-state index contributed by atoms with van der Waals surface area (Å²) in [5.41, 5.74) is 1.24. The maximum atomic E-state index is 11.3. The Morgan fingerprint density at radius 3 is 2.93 bits per heavy atom. The van der Waals surface area contributed by atoms with Gasteiger partial charge in [0.2, 0.25) is 5.91 Å². The molecule has 0 saturated carbocycles. The Kier molecular flexibility index (Phi) is 2.36. The first kappa shape index (κ1) is 9.97. The van der Waals surface area contributed by atoms with Crippen LogP contribution in [0.4, 0.5) is 11.4 Å². The molecular weight excluding hydrogens is 216 g/mol. The minimum Gasteiger partial charge on any atom is -0.477 e. The van der Waals surface area contributed by atoms with Gasteiger partial charge in [0, 0.05) is 25.4 Å². The van der Waals surface area contributed by atoms with Gasteiger partial charge in [0.05, 0.1) is 11.4 Å². The van der Waals surface area contributed by atoms with E-state index in [1.807, 2.05) is 0 Å². The number of hydrogen-bond donors (Lipinski definition) is 2. The van der Waals surface area contributed by atoms with E-state index in [0.717, 1.165) is 17.0 Å². The molecule has 0 spiro atoms. The normalized spacial score (nSPS) is 14.3. The van der Waals surface area contributed by atoms with Crippen LogP contribution in [0.5, 0.6) is 0 Å². The summed E-state index contributed by atoms with van der Waals surface area (Å²) < 4.78 is 0. The lowest BCUT2D eigenvalue weighted by atomic mass is 10.2. The fourth-order valence-electron chi connectivity index (χ4n) is 1.63. The number of rotatable bonds is 1. The van der Waals surface area contributed by atoms with Crippen LogP contribution in [-0.2, 0) is 4.79 Å². The molecule has 0 atom stereocenters. The minimum atomic E-state index is -0.990. The maximum Gasteiger partial charge on any atom is 0.348 e. The van der Waals surface area contributed by atoms with E-state index >= 15 is 0 Å². The highest BCUT2D eigenvalue weighted by atomic mass is 32.1. The molecule has 0 aliphatic carbocycles. The number of fused-ring (bicyclic) bond motifs is 1. The summed E-state index contributed by atoms with van der Waals surface area (Å²) in [5.74, 6) is -1.12. The summed E-state index contributed by atoms with van der Waals surface area (Å²) >= 11 is 1.14. The summed E-state index contributed by atoms with van der Waals surface area (Å²) in [6, 6.07) is 0. The van der Waals surface area contributed by atoms with Crippen LogP contribution in [0.15, 0.2) is 5.38 Å². The third kappa shape index (κ3) is 1.56. The third-order valence-electron chi connectivity index (χ3n) is 2.26. The van der Waals surface area contributed by atoms with Gasteiger partial charge in [-0.15, -0.1) is 11.3 Å². The van der Waals surface area contributed by atoms with E-state index in [0.29, 0.717) is 18.8 Å². The molecule has 0 unspecified atom stereocenters. The number of amides is 1. The smallest absolute Gasteiger partial charge is 0.348 e. The van der Waals surface area contributed by atoms with Crippen molar-refractivity contribution in [2.24, 2.45) is 0 Å². The van der Waals surface area contributed by atoms with Crippen LogP contribution in [-0.4, -0.2) is 30.1 Å². The quantitative estimate of drug-likeness (QED) is 0.755. The van der Waals surface area contributed by atoms with Crippen LogP contribution in [0, 0.1) is 0 Å². The van der Waals surface area contributed by atoms with Gasteiger partial charge in [-0.05, 0) is 0 Å². The largest absolute Gasteiger partial charge is 0.477 e. The molecule has 0 aromatic carbocycles. The van der Waals surface area contributed by atoms with Crippen molar-refractivity contribution >= 4 is 34.6 Å². The average molecular weight is 226 g/mol. The highest BCUT2D eigenvalue weighted by Crippen LogP contribution is 2.38. The Bertz CT molecular complexity index is 427. The van der Waals surface area contributed by atoms with Gasteiger partial charge >= 0.3 is 5.97 Å². The summed E-state index contributed by atoms with van der Waals surface area (Å²) in [5, 5.41) is 13.8. The second-order valence-electron chi connectivity index (χ2n) is 3.23. The van der Waals surface area contributed by atoms with Gasteiger partial charge in [-0.25, -0.2) is 4.79 Å². The van der Waals surface area contributed by atoms with E-state index in [1.165, 1.54) is 11.8 Å². The van der Waals surface area contributed by atoms with Crippen molar-refractivity contribution < 1.29 is 14.7 Å². The number of carboxylic acid groups (broad SMARTS) is 1. The van der Waals surface area contributed by atoms with Crippen molar-refractivity contribution in [2.75, 3.05) is 23.3 Å². The monoisotopic (exact) mass is 226 g/mol. The summed E-state index contributed by atoms with van der Waals surface area (Å²) in [6.07, 6.45) is 0. The van der Waals surface area contributed by atoms with Gasteiger partial charge in [-0.2, -0.15) is 0 Å². The van der Waals surface area contributed by atoms with Crippen LogP contribution >= 0.6 is 11.3 Å². The molecule has 0 bridgehead atoms. The zero-order valence-corrected chi connectivity index (χ0v) is 8.93. The van der Waals surface area contributed by atoms with Crippen molar-refractivity contribution in [3.8, 4) is 0 Å². The second-order valence-corrected chi connectivity index (χ2v) is 4.11. The summed E-state index contributed by atoms with van der Waals surface area (Å²) in [7, 11) is 0. The number of nitrogens with zero attached hydrogens (tertiary/aromatic N) is 1. The number of nitrogens with one attached hydrogen (secondary N) is 1. The van der Waals surface area contributed by atoms with E-state index < -0.39 is 5.97 Å². The van der Waals surface area contributed by atoms with E-state index in [9.17, 15) is 9.59 Å². The van der Waals surface area contributed by atoms with E-state index in [-0.39, 0.29) is 10.8 Å². The molecule has 1 amide bonds. The SMILES string of the molecule is CC(=O)N1CCNc2csc(C(=O)O)c21. The number of hydrogen-bond acceptors (Lipinski definition) is 4. The minimum absolute atomic E-state index is 0.126. The van der Waals surface area contributed by atoms with Gasteiger partial charge in [-0.3, -0.25) is 4.79 Å². The van der Waals surface area contributed by atoms with E-state index in [4.69, 9.17) is 5.11 Å². The Balaban J connectivity index is 2.52. The molecule has 5 nitrogen and oxygen atoms in total. The van der Waals surface area contributed by atoms with Gasteiger partial charge in [0.1, 0.15) is 4.88 Å². The standard InChI is InChI=1S/C9H10N2O3S/c1-5(12)11-3-2-10-6-4-15-8(7(6)11)9(13)14/h4,10H,2-3H2,1H3,(H,13,14). The first-order chi connectivity index (χ1) is 7.11. The Morgan fingerprint density at radius 1 is 1.60 bits per heavy atom. The molecule has 15 heavy (non-hydrogen) atoms. The Hall–Kier alpha value is -1.56. The van der Waals surface area contributed by atoms with Crippen LogP contribution in [0.1, 0.15) is 16.6 Å². The molecule has 1 aliphatic heterocycles. The van der Waals surface area contributed by atoms with Gasteiger partial charge < -0.3 is 15.3 Å². The van der Waals surface area contributed by atoms with Crippen molar-refractivity contribution in [3.63, 3.8) is 0 Å². The third-order valence-corrected chi connectivity index (χ3v) is 3.22. The van der Waals surface area contributed by atoms with Crippen LogP contribution < -0.4 is 10.2 Å². The van der Waals surface area contributed by atoms with E-state index in [1.54, 1.807) is 5.38 Å². The predicted octanol–water partition coefficient (Wildman–Crippen LogP) is 1.22. The number of carbonyl (C=O) groups excluding carboxylic acids is 1. The lowest BCUT2D eigenvalue weighted by molar-refractivity contribution is -0.116. The van der Waals surface area contributed by atoms with E-state index in [2.05, 4.69) is 5.32 Å². The molecule has 0 radical (unpaired) electrons. The first-order valence-corrected chi connectivity index (χ1v) is 5.36. The number of aromatic carboxylic acids is 1. The molecule has 2 N–H and O–H groups in total. The zero-order chi connectivity index (χ0) is 11.0. The molecule has 1 aromatic heterocycles. The lowest BCUT2D eigenvalue weighted by Gasteiger charge is -2.27. The molecule has 2 heterocycles. The van der Waals surface area contributed by atoms with Crippen molar-refractivity contribution in [3.05, 3.63) is 10.3 Å². The van der Waals surface area contributed by atoms with Gasteiger partial charge in [-0.1, -0.05) is 0 Å². The van der Waals surface area contributed by atoms with Crippen LogP contribution in [0.25, 0.3) is 0 Å². The van der Waals surface area contributed by atoms with Crippen molar-refractivity contribution in [2.45, 2.75) is 6.92 Å². The number of anilines is 2. The summed E-state index contributed by atoms with van der Waals surface area (Å²) in [4.78, 5) is 24.0. The fourth-order valence-corrected chi connectivity index (χ4v) is 2.49. The second kappa shape index (κ2) is 3.54.